The maximum atomic E-state index is 10.8. The van der Waals surface area contributed by atoms with Gasteiger partial charge in [0.2, 0.25) is 0 Å². The minimum atomic E-state index is -4.54. The van der Waals surface area contributed by atoms with Crippen molar-refractivity contribution in [2.45, 2.75) is 20.3 Å². The highest BCUT2D eigenvalue weighted by molar-refractivity contribution is 8.01. The van der Waals surface area contributed by atoms with Crippen LogP contribution in [0.5, 0.6) is 0 Å². The molecule has 0 fully saturated rings. The van der Waals surface area contributed by atoms with Crippen molar-refractivity contribution in [2.75, 3.05) is 0 Å². The Labute approximate surface area is 89.7 Å². The third-order valence-corrected chi connectivity index (χ3v) is 2.20. The molecule has 0 aliphatic rings. The number of rotatable bonds is 2. The Morgan fingerprint density at radius 2 is 1.67 bits per heavy atom. The summed E-state index contributed by atoms with van der Waals surface area (Å²) in [5.74, 6) is 0. The van der Waals surface area contributed by atoms with Crippen LogP contribution in [-0.4, -0.2) is 18.1 Å². The largest absolute Gasteiger partial charge is 0.329 e. The average molecular weight is 230 g/mol. The van der Waals surface area contributed by atoms with Gasteiger partial charge in [0.1, 0.15) is 0 Å². The first-order chi connectivity index (χ1) is 7.00. The van der Waals surface area contributed by atoms with Crippen molar-refractivity contribution in [3.8, 4) is 0 Å². The molecule has 0 heterocycles. The molecule has 0 aromatic heterocycles. The second-order valence-electron chi connectivity index (χ2n) is 2.51. The van der Waals surface area contributed by atoms with E-state index >= 15 is 0 Å². The zero-order valence-electron chi connectivity index (χ0n) is 8.67. The molecule has 0 radical (unpaired) electrons. The van der Waals surface area contributed by atoms with Gasteiger partial charge in [0.25, 0.3) is 5.12 Å². The second kappa shape index (κ2) is 6.31. The summed E-state index contributed by atoms with van der Waals surface area (Å²) in [4.78, 5) is 10.8. The molecule has 1 N–H and O–H groups in total. The molecule has 1 aromatic carbocycles. The van der Waals surface area contributed by atoms with E-state index in [1.807, 2.05) is 13.8 Å². The molecule has 4 nitrogen and oxygen atoms in total. The van der Waals surface area contributed by atoms with Crippen molar-refractivity contribution in [3.63, 3.8) is 0 Å². The van der Waals surface area contributed by atoms with Crippen LogP contribution in [0.4, 0.5) is 0 Å². The molecule has 0 unspecified atom stereocenters. The molecule has 0 amide bonds. The Kier molecular flexibility index (Phi) is 5.81. The van der Waals surface area contributed by atoms with Gasteiger partial charge in [-0.3, -0.25) is 9.35 Å². The highest BCUT2D eigenvalue weighted by Gasteiger charge is 2.17. The van der Waals surface area contributed by atoms with E-state index in [2.05, 4.69) is 0 Å². The first-order valence-corrected chi connectivity index (χ1v) is 5.98. The Bertz CT molecular complexity index is 395. The van der Waals surface area contributed by atoms with Crippen molar-refractivity contribution in [1.29, 1.82) is 0 Å². The smallest absolute Gasteiger partial charge is 0.280 e. The summed E-state index contributed by atoms with van der Waals surface area (Å²) in [6.45, 7) is 4.00. The molecule has 84 valence electrons. The summed E-state index contributed by atoms with van der Waals surface area (Å²) in [5, 5.41) is -1.18. The molecule has 1 rings (SSSR count). The monoisotopic (exact) mass is 230 g/mol. The number of hydrogen-bond donors (Lipinski definition) is 1. The summed E-state index contributed by atoms with van der Waals surface area (Å²) in [6.07, 6.45) is -0.292. The van der Waals surface area contributed by atoms with E-state index in [9.17, 15) is 13.2 Å². The molecule has 0 bridgehead atoms. The van der Waals surface area contributed by atoms with Gasteiger partial charge in [-0.15, -0.1) is 0 Å². The summed E-state index contributed by atoms with van der Waals surface area (Å²) < 4.78 is 29.1. The number of hydrogen-bond acceptors (Lipinski definition) is 3. The van der Waals surface area contributed by atoms with E-state index in [1.54, 1.807) is 30.3 Å². The van der Waals surface area contributed by atoms with Crippen LogP contribution in [0.3, 0.4) is 0 Å². The van der Waals surface area contributed by atoms with Crippen LogP contribution in [0.15, 0.2) is 30.3 Å². The van der Waals surface area contributed by atoms with E-state index in [1.165, 1.54) is 0 Å². The van der Waals surface area contributed by atoms with Gasteiger partial charge in [0.15, 0.2) is 0 Å². The highest BCUT2D eigenvalue weighted by atomic mass is 32.2. The van der Waals surface area contributed by atoms with Gasteiger partial charge in [0, 0.05) is 6.42 Å². The summed E-state index contributed by atoms with van der Waals surface area (Å²) in [7, 11) is -4.54. The molecule has 0 aliphatic heterocycles. The van der Waals surface area contributed by atoms with Crippen LogP contribution >= 0.6 is 0 Å². The Morgan fingerprint density at radius 1 is 1.20 bits per heavy atom. The fourth-order valence-electron chi connectivity index (χ4n) is 0.854. The fraction of sp³-hybridized carbons (Fsp3) is 0.300. The van der Waals surface area contributed by atoms with Crippen LogP contribution in [0.25, 0.3) is 0 Å². The van der Waals surface area contributed by atoms with Crippen LogP contribution in [0.2, 0.25) is 0 Å². The SMILES string of the molecule is CC.O=C(Cc1ccccc1)S(=O)(=O)O. The van der Waals surface area contributed by atoms with Gasteiger partial charge in [-0.25, -0.2) is 0 Å². The number of carbonyl (C=O) groups excluding carboxylic acids is 1. The van der Waals surface area contributed by atoms with E-state index in [0.717, 1.165) is 0 Å². The first kappa shape index (κ1) is 13.8. The van der Waals surface area contributed by atoms with E-state index in [4.69, 9.17) is 4.55 Å². The first-order valence-electron chi connectivity index (χ1n) is 4.54. The van der Waals surface area contributed by atoms with Crippen LogP contribution in [0.1, 0.15) is 19.4 Å². The summed E-state index contributed by atoms with van der Waals surface area (Å²) in [5.41, 5.74) is 0.560. The molecule has 0 saturated carbocycles. The molecular weight excluding hydrogens is 216 g/mol. The maximum Gasteiger partial charge on any atom is 0.329 e. The molecule has 0 saturated heterocycles. The van der Waals surface area contributed by atoms with Gasteiger partial charge >= 0.3 is 10.1 Å². The van der Waals surface area contributed by atoms with E-state index in [-0.39, 0.29) is 6.42 Å². The lowest BCUT2D eigenvalue weighted by atomic mass is 10.2. The zero-order chi connectivity index (χ0) is 11.9. The van der Waals surface area contributed by atoms with Gasteiger partial charge in [-0.05, 0) is 5.56 Å². The average Bonchev–Trinajstić information content (AvgIpc) is 2.21. The Hall–Kier alpha value is -1.20. The lowest BCUT2D eigenvalue weighted by Gasteiger charge is -1.96. The molecular formula is C10H14O4S. The van der Waals surface area contributed by atoms with Crippen molar-refractivity contribution in [1.82, 2.24) is 0 Å². The summed E-state index contributed by atoms with van der Waals surface area (Å²) >= 11 is 0. The normalized spacial score (nSPS) is 10.1. The zero-order valence-corrected chi connectivity index (χ0v) is 9.49. The van der Waals surface area contributed by atoms with Gasteiger partial charge in [0.05, 0.1) is 0 Å². The van der Waals surface area contributed by atoms with E-state index in [0.29, 0.717) is 5.56 Å². The van der Waals surface area contributed by atoms with E-state index < -0.39 is 15.2 Å². The lowest BCUT2D eigenvalue weighted by molar-refractivity contribution is -0.111. The minimum absolute atomic E-state index is 0.292. The Balaban J connectivity index is 0.000000921. The maximum absolute atomic E-state index is 10.8. The quantitative estimate of drug-likeness (QED) is 0.784. The molecule has 0 aliphatic carbocycles. The standard InChI is InChI=1S/C8H8O4S.C2H6/c9-8(13(10,11)12)6-7-4-2-1-3-5-7;1-2/h1-5H,6H2,(H,10,11,12);1-2H3. The topological polar surface area (TPSA) is 71.4 Å². The third kappa shape index (κ3) is 5.29. The number of carbonyl (C=O) groups is 1. The predicted octanol–water partition coefficient (Wildman–Crippen LogP) is 1.67. The van der Waals surface area contributed by atoms with Crippen LogP contribution < -0.4 is 0 Å². The van der Waals surface area contributed by atoms with Crippen molar-refractivity contribution in [2.24, 2.45) is 0 Å². The van der Waals surface area contributed by atoms with Gasteiger partial charge in [-0.1, -0.05) is 44.2 Å². The van der Waals surface area contributed by atoms with Gasteiger partial charge < -0.3 is 0 Å². The van der Waals surface area contributed by atoms with Gasteiger partial charge in [-0.2, -0.15) is 8.42 Å². The molecule has 0 spiro atoms. The minimum Gasteiger partial charge on any atom is -0.280 e. The molecule has 1 aromatic rings. The molecule has 15 heavy (non-hydrogen) atoms. The molecule has 0 atom stereocenters. The third-order valence-electron chi connectivity index (χ3n) is 1.48. The van der Waals surface area contributed by atoms with Crippen LogP contribution in [-0.2, 0) is 21.3 Å². The van der Waals surface area contributed by atoms with Crippen molar-refractivity contribution in [3.05, 3.63) is 35.9 Å². The summed E-state index contributed by atoms with van der Waals surface area (Å²) in [6, 6.07) is 8.35. The predicted molar refractivity (Wildman–Crippen MR) is 58.0 cm³/mol. The fourth-order valence-corrected chi connectivity index (χ4v) is 1.20. The number of benzene rings is 1. The second-order valence-corrected chi connectivity index (χ2v) is 3.91. The Morgan fingerprint density at radius 3 is 2.07 bits per heavy atom. The van der Waals surface area contributed by atoms with Crippen LogP contribution in [0, 0.1) is 0 Å². The highest BCUT2D eigenvalue weighted by Crippen LogP contribution is 2.02. The van der Waals surface area contributed by atoms with Crippen molar-refractivity contribution >= 4 is 15.2 Å². The van der Waals surface area contributed by atoms with Crippen molar-refractivity contribution < 1.29 is 17.8 Å². The molecule has 5 heteroatoms. The lowest BCUT2D eigenvalue weighted by Crippen LogP contribution is -2.15.